The molecular formula is C24H38O3. The van der Waals surface area contributed by atoms with Crippen molar-refractivity contribution < 1.29 is 14.3 Å². The molecule has 1 saturated carbocycles. The molecule has 1 aliphatic rings. The van der Waals surface area contributed by atoms with Crippen LogP contribution in [0.25, 0.3) is 0 Å². The van der Waals surface area contributed by atoms with E-state index >= 15 is 0 Å². The first-order valence-electron chi connectivity index (χ1n) is 10.3. The van der Waals surface area contributed by atoms with Crippen molar-refractivity contribution in [2.24, 2.45) is 10.8 Å². The zero-order chi connectivity index (χ0) is 20.5. The van der Waals surface area contributed by atoms with Crippen molar-refractivity contribution in [1.29, 1.82) is 0 Å². The molecule has 1 atom stereocenters. The summed E-state index contributed by atoms with van der Waals surface area (Å²) in [6.07, 6.45) is 5.18. The number of carbonyl (C=O) groups is 1. The lowest BCUT2D eigenvalue weighted by molar-refractivity contribution is -0.00638. The van der Waals surface area contributed by atoms with Crippen LogP contribution in [0.2, 0.25) is 0 Å². The van der Waals surface area contributed by atoms with Crippen molar-refractivity contribution in [3.05, 3.63) is 29.3 Å². The monoisotopic (exact) mass is 374 g/mol. The predicted molar refractivity (Wildman–Crippen MR) is 112 cm³/mol. The number of hydrogen-bond acceptors (Lipinski definition) is 3. The van der Waals surface area contributed by atoms with E-state index in [0.717, 1.165) is 32.1 Å². The molecule has 3 nitrogen and oxygen atoms in total. The Labute approximate surface area is 165 Å². The molecule has 152 valence electrons. The number of benzene rings is 1. The molecule has 0 amide bonds. The Balaban J connectivity index is 2.38. The minimum atomic E-state index is -0.340. The molecule has 0 spiro atoms. The van der Waals surface area contributed by atoms with Crippen molar-refractivity contribution in [3.8, 4) is 5.75 Å². The number of ether oxygens (including phenoxy) is 2. The van der Waals surface area contributed by atoms with Crippen LogP contribution in [-0.4, -0.2) is 18.7 Å². The Morgan fingerprint density at radius 2 is 1.70 bits per heavy atom. The molecule has 1 unspecified atom stereocenters. The first-order chi connectivity index (χ1) is 12.3. The Kier molecular flexibility index (Phi) is 6.33. The molecule has 0 aromatic heterocycles. The van der Waals surface area contributed by atoms with E-state index in [9.17, 15) is 4.79 Å². The SMILES string of the molecule is COc1ccc(C(CC(C)(C)C)C(C)(C)C)cc1C(=O)OC1(C)CCCC1. The Morgan fingerprint density at radius 1 is 1.11 bits per heavy atom. The van der Waals surface area contributed by atoms with Gasteiger partial charge in [-0.15, -0.1) is 0 Å². The van der Waals surface area contributed by atoms with Gasteiger partial charge in [-0.1, -0.05) is 47.6 Å². The second kappa shape index (κ2) is 7.85. The Hall–Kier alpha value is -1.51. The summed E-state index contributed by atoms with van der Waals surface area (Å²) in [6.45, 7) is 15.7. The quantitative estimate of drug-likeness (QED) is 0.535. The summed E-state index contributed by atoms with van der Waals surface area (Å²) >= 11 is 0. The molecule has 1 fully saturated rings. The largest absolute Gasteiger partial charge is 0.496 e. The lowest BCUT2D eigenvalue weighted by atomic mass is 9.69. The Morgan fingerprint density at radius 3 is 2.19 bits per heavy atom. The molecule has 0 radical (unpaired) electrons. The summed E-state index contributed by atoms with van der Waals surface area (Å²) in [6, 6.07) is 6.03. The van der Waals surface area contributed by atoms with E-state index in [1.807, 2.05) is 19.1 Å². The van der Waals surface area contributed by atoms with Gasteiger partial charge in [-0.3, -0.25) is 0 Å². The molecule has 1 aromatic rings. The fourth-order valence-electron chi connectivity index (χ4n) is 4.14. The van der Waals surface area contributed by atoms with Gasteiger partial charge >= 0.3 is 5.97 Å². The molecule has 2 rings (SSSR count). The maximum atomic E-state index is 13.0. The van der Waals surface area contributed by atoms with Gasteiger partial charge in [-0.05, 0) is 73.5 Å². The highest BCUT2D eigenvalue weighted by Crippen LogP contribution is 2.44. The zero-order valence-corrected chi connectivity index (χ0v) is 18.6. The van der Waals surface area contributed by atoms with Crippen molar-refractivity contribution in [2.45, 2.75) is 92.1 Å². The van der Waals surface area contributed by atoms with Gasteiger partial charge in [0.25, 0.3) is 0 Å². The van der Waals surface area contributed by atoms with Gasteiger partial charge in [-0.25, -0.2) is 4.79 Å². The molecule has 27 heavy (non-hydrogen) atoms. The van der Waals surface area contributed by atoms with Gasteiger partial charge in [0.15, 0.2) is 0 Å². The van der Waals surface area contributed by atoms with Gasteiger partial charge in [-0.2, -0.15) is 0 Å². The number of methoxy groups -OCH3 is 1. The molecule has 0 N–H and O–H groups in total. The fourth-order valence-corrected chi connectivity index (χ4v) is 4.14. The summed E-state index contributed by atoms with van der Waals surface area (Å²) in [5.74, 6) is 0.673. The van der Waals surface area contributed by atoms with Crippen LogP contribution in [0.5, 0.6) is 5.75 Å². The third kappa shape index (κ3) is 5.73. The summed E-state index contributed by atoms with van der Waals surface area (Å²) < 4.78 is 11.4. The van der Waals surface area contributed by atoms with Gasteiger partial charge in [0.1, 0.15) is 16.9 Å². The van der Waals surface area contributed by atoms with Crippen LogP contribution < -0.4 is 4.74 Å². The summed E-state index contributed by atoms with van der Waals surface area (Å²) in [5, 5.41) is 0. The van der Waals surface area contributed by atoms with Crippen LogP contribution in [0, 0.1) is 10.8 Å². The third-order valence-electron chi connectivity index (χ3n) is 5.71. The van der Waals surface area contributed by atoms with Crippen LogP contribution in [0.4, 0.5) is 0 Å². The average Bonchev–Trinajstić information content (AvgIpc) is 2.96. The smallest absolute Gasteiger partial charge is 0.342 e. The Bertz CT molecular complexity index is 655. The van der Waals surface area contributed by atoms with Crippen LogP contribution >= 0.6 is 0 Å². The number of carbonyl (C=O) groups excluding carboxylic acids is 1. The molecule has 0 bridgehead atoms. The maximum absolute atomic E-state index is 13.0. The van der Waals surface area contributed by atoms with Crippen LogP contribution in [0.3, 0.4) is 0 Å². The standard InChI is InChI=1S/C24H38O3/c1-22(2,3)16-19(23(4,5)6)17-11-12-20(26-8)18(15-17)21(25)27-24(7)13-9-10-14-24/h11-12,15,19H,9-10,13-14,16H2,1-8H3. The topological polar surface area (TPSA) is 35.5 Å². The molecular weight excluding hydrogens is 336 g/mol. The van der Waals surface area contributed by atoms with Crippen LogP contribution in [0.1, 0.15) is 102 Å². The lowest BCUT2D eigenvalue weighted by Crippen LogP contribution is -2.28. The van der Waals surface area contributed by atoms with E-state index in [0.29, 0.717) is 17.2 Å². The minimum Gasteiger partial charge on any atom is -0.496 e. The third-order valence-corrected chi connectivity index (χ3v) is 5.71. The fraction of sp³-hybridized carbons (Fsp3) is 0.708. The van der Waals surface area contributed by atoms with E-state index in [2.05, 4.69) is 47.6 Å². The van der Waals surface area contributed by atoms with E-state index < -0.39 is 0 Å². The maximum Gasteiger partial charge on any atom is 0.342 e. The highest BCUT2D eigenvalue weighted by molar-refractivity contribution is 5.93. The summed E-state index contributed by atoms with van der Waals surface area (Å²) in [4.78, 5) is 13.0. The molecule has 1 aromatic carbocycles. The average molecular weight is 375 g/mol. The molecule has 1 aliphatic carbocycles. The van der Waals surface area contributed by atoms with Crippen LogP contribution in [-0.2, 0) is 4.74 Å². The number of hydrogen-bond donors (Lipinski definition) is 0. The second-order valence-corrected chi connectivity index (χ2v) is 10.7. The predicted octanol–water partition coefficient (Wildman–Crippen LogP) is 6.75. The van der Waals surface area contributed by atoms with E-state index in [-0.39, 0.29) is 22.4 Å². The molecule has 0 aliphatic heterocycles. The normalized spacial score (nSPS) is 18.2. The first kappa shape index (κ1) is 21.8. The van der Waals surface area contributed by atoms with Crippen molar-refractivity contribution in [1.82, 2.24) is 0 Å². The first-order valence-corrected chi connectivity index (χ1v) is 10.3. The van der Waals surface area contributed by atoms with Crippen LogP contribution in [0.15, 0.2) is 18.2 Å². The van der Waals surface area contributed by atoms with E-state index in [4.69, 9.17) is 9.47 Å². The summed E-state index contributed by atoms with van der Waals surface area (Å²) in [5.41, 5.74) is 1.69. The number of esters is 1. The second-order valence-electron chi connectivity index (χ2n) is 10.7. The minimum absolute atomic E-state index is 0.0977. The van der Waals surface area contributed by atoms with Gasteiger partial charge < -0.3 is 9.47 Å². The van der Waals surface area contributed by atoms with Crippen molar-refractivity contribution >= 4 is 5.97 Å². The summed E-state index contributed by atoms with van der Waals surface area (Å²) in [7, 11) is 1.61. The van der Waals surface area contributed by atoms with Gasteiger partial charge in [0.2, 0.25) is 0 Å². The number of rotatable bonds is 5. The highest BCUT2D eigenvalue weighted by Gasteiger charge is 2.35. The van der Waals surface area contributed by atoms with E-state index in [1.54, 1.807) is 7.11 Å². The molecule has 3 heteroatoms. The molecule has 0 saturated heterocycles. The van der Waals surface area contributed by atoms with Crippen molar-refractivity contribution in [3.63, 3.8) is 0 Å². The zero-order valence-electron chi connectivity index (χ0n) is 18.6. The highest BCUT2D eigenvalue weighted by atomic mass is 16.6. The van der Waals surface area contributed by atoms with Gasteiger partial charge in [0, 0.05) is 0 Å². The van der Waals surface area contributed by atoms with Crippen molar-refractivity contribution in [2.75, 3.05) is 7.11 Å². The molecule has 0 heterocycles. The van der Waals surface area contributed by atoms with Gasteiger partial charge in [0.05, 0.1) is 7.11 Å². The van der Waals surface area contributed by atoms with E-state index in [1.165, 1.54) is 5.56 Å². The lowest BCUT2D eigenvalue weighted by Gasteiger charge is -2.36.